The highest BCUT2D eigenvalue weighted by atomic mass is 16.5. The Hall–Kier alpha value is -0.610. The number of unbranched alkanes of at least 4 members (excludes halogenated alkanes) is 2. The number of esters is 1. The van der Waals surface area contributed by atoms with Gasteiger partial charge in [-0.2, -0.15) is 0 Å². The second-order valence-electron chi connectivity index (χ2n) is 5.94. The minimum atomic E-state index is -0.582. The van der Waals surface area contributed by atoms with Crippen molar-refractivity contribution in [3.05, 3.63) is 0 Å². The molecule has 0 saturated carbocycles. The number of ether oxygens (including phenoxy) is 1. The van der Waals surface area contributed by atoms with Crippen LogP contribution in [0.2, 0.25) is 0 Å². The molecule has 4 nitrogen and oxygen atoms in total. The molecule has 4 heteroatoms. The predicted molar refractivity (Wildman–Crippen MR) is 84.9 cm³/mol. The van der Waals surface area contributed by atoms with Gasteiger partial charge in [0, 0.05) is 12.6 Å². The highest BCUT2D eigenvalue weighted by molar-refractivity contribution is 5.80. The molecule has 20 heavy (non-hydrogen) atoms. The van der Waals surface area contributed by atoms with E-state index in [0.717, 1.165) is 26.1 Å². The third-order valence-electron chi connectivity index (χ3n) is 3.88. The van der Waals surface area contributed by atoms with Crippen LogP contribution in [0.3, 0.4) is 0 Å². The van der Waals surface area contributed by atoms with E-state index in [1.165, 1.54) is 26.4 Å². The maximum absolute atomic E-state index is 12.0. The van der Waals surface area contributed by atoms with Crippen LogP contribution < -0.4 is 5.32 Å². The van der Waals surface area contributed by atoms with E-state index >= 15 is 0 Å². The van der Waals surface area contributed by atoms with E-state index < -0.39 is 5.54 Å². The van der Waals surface area contributed by atoms with Crippen molar-refractivity contribution in [2.75, 3.05) is 26.7 Å². The summed E-state index contributed by atoms with van der Waals surface area (Å²) in [6.45, 7) is 13.4. The monoisotopic (exact) mass is 286 g/mol. The summed E-state index contributed by atoms with van der Waals surface area (Å²) in [7, 11) is 1.46. The first-order valence-corrected chi connectivity index (χ1v) is 7.98. The standard InChI is InChI=1S/C16H34N2O2/c1-7-9-10-12-18(14(3)4)13-11-16(5,17-8-2)15(19)20-6/h14,17H,7-13H2,1-6H3. The molecule has 1 unspecified atom stereocenters. The summed E-state index contributed by atoms with van der Waals surface area (Å²) in [6, 6.07) is 0.510. The largest absolute Gasteiger partial charge is 0.468 e. The fourth-order valence-corrected chi connectivity index (χ4v) is 2.44. The van der Waals surface area contributed by atoms with Crippen molar-refractivity contribution in [3.63, 3.8) is 0 Å². The van der Waals surface area contributed by atoms with Crippen LogP contribution in [0.4, 0.5) is 0 Å². The maximum atomic E-state index is 12.0. The Morgan fingerprint density at radius 2 is 1.90 bits per heavy atom. The van der Waals surface area contributed by atoms with Gasteiger partial charge in [-0.15, -0.1) is 0 Å². The Balaban J connectivity index is 4.50. The fourth-order valence-electron chi connectivity index (χ4n) is 2.44. The number of hydrogen-bond donors (Lipinski definition) is 1. The lowest BCUT2D eigenvalue weighted by molar-refractivity contribution is -0.148. The molecule has 0 aromatic carbocycles. The minimum absolute atomic E-state index is 0.170. The maximum Gasteiger partial charge on any atom is 0.325 e. The summed E-state index contributed by atoms with van der Waals surface area (Å²) in [5, 5.41) is 3.27. The van der Waals surface area contributed by atoms with Gasteiger partial charge in [0.2, 0.25) is 0 Å². The van der Waals surface area contributed by atoms with Crippen molar-refractivity contribution in [1.82, 2.24) is 10.2 Å². The molecule has 1 N–H and O–H groups in total. The third-order valence-corrected chi connectivity index (χ3v) is 3.88. The summed E-state index contributed by atoms with van der Waals surface area (Å²) in [5.41, 5.74) is -0.582. The molecule has 0 aliphatic carbocycles. The van der Waals surface area contributed by atoms with Crippen LogP contribution in [0, 0.1) is 0 Å². The second kappa shape index (κ2) is 10.2. The third kappa shape index (κ3) is 6.71. The molecular formula is C16H34N2O2. The Labute approximate surface area is 125 Å². The van der Waals surface area contributed by atoms with Gasteiger partial charge < -0.3 is 15.0 Å². The number of carbonyl (C=O) groups excluding carboxylic acids is 1. The number of nitrogens with one attached hydrogen (secondary N) is 1. The Morgan fingerprint density at radius 1 is 1.25 bits per heavy atom. The Morgan fingerprint density at radius 3 is 2.35 bits per heavy atom. The van der Waals surface area contributed by atoms with Crippen LogP contribution >= 0.6 is 0 Å². The summed E-state index contributed by atoms with van der Waals surface area (Å²) < 4.78 is 4.94. The number of nitrogens with zero attached hydrogens (tertiary/aromatic N) is 1. The average molecular weight is 286 g/mol. The van der Waals surface area contributed by atoms with Gasteiger partial charge in [0.25, 0.3) is 0 Å². The molecule has 0 aromatic heterocycles. The SMILES string of the molecule is CCCCCN(CCC(C)(NCC)C(=O)OC)C(C)C. The van der Waals surface area contributed by atoms with Gasteiger partial charge in [0.15, 0.2) is 0 Å². The van der Waals surface area contributed by atoms with Crippen LogP contribution in [0.5, 0.6) is 0 Å². The summed E-state index contributed by atoms with van der Waals surface area (Å²) in [5.74, 6) is -0.170. The van der Waals surface area contributed by atoms with E-state index in [1.807, 2.05) is 13.8 Å². The van der Waals surface area contributed by atoms with Gasteiger partial charge in [0.1, 0.15) is 5.54 Å². The highest BCUT2D eigenvalue weighted by Gasteiger charge is 2.33. The zero-order chi connectivity index (χ0) is 15.6. The van der Waals surface area contributed by atoms with Crippen molar-refractivity contribution in [2.24, 2.45) is 0 Å². The number of methoxy groups -OCH3 is 1. The minimum Gasteiger partial charge on any atom is -0.468 e. The van der Waals surface area contributed by atoms with Crippen LogP contribution in [0.15, 0.2) is 0 Å². The summed E-state index contributed by atoms with van der Waals surface area (Å²) >= 11 is 0. The smallest absolute Gasteiger partial charge is 0.325 e. The zero-order valence-corrected chi connectivity index (χ0v) is 14.3. The van der Waals surface area contributed by atoms with E-state index in [-0.39, 0.29) is 5.97 Å². The Bertz CT molecular complexity index is 269. The first-order valence-electron chi connectivity index (χ1n) is 7.98. The van der Waals surface area contributed by atoms with Crippen LogP contribution in [-0.4, -0.2) is 49.2 Å². The molecule has 0 spiro atoms. The van der Waals surface area contributed by atoms with E-state index in [4.69, 9.17) is 4.74 Å². The molecule has 0 radical (unpaired) electrons. The van der Waals surface area contributed by atoms with Crippen LogP contribution in [0.25, 0.3) is 0 Å². The Kier molecular flexibility index (Phi) is 9.86. The molecule has 0 saturated heterocycles. The van der Waals surface area contributed by atoms with Crippen molar-refractivity contribution in [1.29, 1.82) is 0 Å². The zero-order valence-electron chi connectivity index (χ0n) is 14.3. The van der Waals surface area contributed by atoms with Gasteiger partial charge >= 0.3 is 5.97 Å². The van der Waals surface area contributed by atoms with E-state index in [2.05, 4.69) is 31.0 Å². The number of hydrogen-bond acceptors (Lipinski definition) is 4. The summed E-state index contributed by atoms with van der Waals surface area (Å²) in [6.07, 6.45) is 4.51. The molecule has 0 amide bonds. The van der Waals surface area contributed by atoms with Crippen molar-refractivity contribution < 1.29 is 9.53 Å². The fraction of sp³-hybridized carbons (Fsp3) is 0.938. The van der Waals surface area contributed by atoms with Crippen LogP contribution in [0.1, 0.15) is 60.3 Å². The molecular weight excluding hydrogens is 252 g/mol. The van der Waals surface area contributed by atoms with E-state index in [1.54, 1.807) is 0 Å². The molecule has 1 atom stereocenters. The number of carbonyl (C=O) groups is 1. The van der Waals surface area contributed by atoms with Gasteiger partial charge in [-0.1, -0.05) is 26.7 Å². The topological polar surface area (TPSA) is 41.6 Å². The first-order chi connectivity index (χ1) is 9.41. The molecule has 120 valence electrons. The van der Waals surface area contributed by atoms with Crippen molar-refractivity contribution in [3.8, 4) is 0 Å². The van der Waals surface area contributed by atoms with E-state index in [0.29, 0.717) is 6.04 Å². The molecule has 0 rings (SSSR count). The lowest BCUT2D eigenvalue weighted by atomic mass is 9.97. The van der Waals surface area contributed by atoms with E-state index in [9.17, 15) is 4.79 Å². The van der Waals surface area contributed by atoms with Crippen molar-refractivity contribution >= 4 is 5.97 Å². The number of likely N-dealkylation sites (N-methyl/N-ethyl adjacent to an activating group) is 1. The summed E-state index contributed by atoms with van der Waals surface area (Å²) in [4.78, 5) is 14.4. The van der Waals surface area contributed by atoms with Gasteiger partial charge in [-0.3, -0.25) is 4.79 Å². The molecule has 0 heterocycles. The van der Waals surface area contributed by atoms with Gasteiger partial charge in [-0.05, 0) is 46.7 Å². The van der Waals surface area contributed by atoms with Crippen LogP contribution in [-0.2, 0) is 9.53 Å². The van der Waals surface area contributed by atoms with Crippen molar-refractivity contribution in [2.45, 2.75) is 71.9 Å². The molecule has 0 aliphatic rings. The molecule has 0 aromatic rings. The number of rotatable bonds is 11. The molecule has 0 fully saturated rings. The van der Waals surface area contributed by atoms with Gasteiger partial charge in [0.05, 0.1) is 7.11 Å². The van der Waals surface area contributed by atoms with Gasteiger partial charge in [-0.25, -0.2) is 0 Å². The normalized spacial score (nSPS) is 14.6. The highest BCUT2D eigenvalue weighted by Crippen LogP contribution is 2.15. The lowest BCUT2D eigenvalue weighted by Crippen LogP contribution is -2.52. The lowest BCUT2D eigenvalue weighted by Gasteiger charge is -2.32. The average Bonchev–Trinajstić information content (AvgIpc) is 2.41. The quantitative estimate of drug-likeness (QED) is 0.468. The second-order valence-corrected chi connectivity index (χ2v) is 5.94. The predicted octanol–water partition coefficient (Wildman–Crippen LogP) is 2.82. The molecule has 0 aliphatic heterocycles. The first kappa shape index (κ1) is 19.4. The molecule has 0 bridgehead atoms.